The minimum Gasteiger partial charge on any atom is -0.399 e. The van der Waals surface area contributed by atoms with Crippen molar-refractivity contribution in [3.63, 3.8) is 0 Å². The summed E-state index contributed by atoms with van der Waals surface area (Å²) < 4.78 is 25.7. The Balaban J connectivity index is 2.57. The Morgan fingerprint density at radius 2 is 1.94 bits per heavy atom. The van der Waals surface area contributed by atoms with Gasteiger partial charge in [-0.1, -0.05) is 19.1 Å². The molecule has 0 radical (unpaired) electrons. The Bertz CT molecular complexity index is 442. The van der Waals surface area contributed by atoms with Crippen molar-refractivity contribution in [1.29, 1.82) is 0 Å². The lowest BCUT2D eigenvalue weighted by Gasteiger charge is -2.10. The molecule has 1 atom stereocenters. The summed E-state index contributed by atoms with van der Waals surface area (Å²) in [6.45, 7) is 1.84. The van der Waals surface area contributed by atoms with Gasteiger partial charge in [0.2, 0.25) is 10.0 Å². The van der Waals surface area contributed by atoms with Crippen molar-refractivity contribution in [3.05, 3.63) is 29.8 Å². The fourth-order valence-corrected chi connectivity index (χ4v) is 2.43. The third-order valence-electron chi connectivity index (χ3n) is 2.35. The van der Waals surface area contributed by atoms with Crippen LogP contribution in [0.3, 0.4) is 0 Å². The second-order valence-corrected chi connectivity index (χ2v) is 5.72. The van der Waals surface area contributed by atoms with Crippen LogP contribution in [0.1, 0.15) is 18.9 Å². The average molecular weight is 258 g/mol. The van der Waals surface area contributed by atoms with Crippen molar-refractivity contribution in [2.45, 2.75) is 25.2 Å². The number of nitrogens with two attached hydrogens (primary N) is 1. The van der Waals surface area contributed by atoms with Crippen molar-refractivity contribution in [2.24, 2.45) is 0 Å². The molecular weight excluding hydrogens is 240 g/mol. The molecule has 1 aromatic carbocycles. The summed E-state index contributed by atoms with van der Waals surface area (Å²) in [5, 5.41) is 9.28. The second kappa shape index (κ2) is 6.00. The lowest BCUT2D eigenvalue weighted by atomic mass is 10.2. The van der Waals surface area contributed by atoms with Gasteiger partial charge in [-0.3, -0.25) is 0 Å². The first-order valence-electron chi connectivity index (χ1n) is 5.43. The van der Waals surface area contributed by atoms with Crippen molar-refractivity contribution in [2.75, 3.05) is 12.3 Å². The zero-order chi connectivity index (χ0) is 12.9. The molecule has 96 valence electrons. The van der Waals surface area contributed by atoms with Gasteiger partial charge in [0.15, 0.2) is 0 Å². The third-order valence-corrected chi connectivity index (χ3v) is 3.67. The Labute approximate surface area is 102 Å². The normalized spacial score (nSPS) is 13.5. The molecule has 0 bridgehead atoms. The molecule has 17 heavy (non-hydrogen) atoms. The SMILES string of the molecule is CCC(O)CNS(=O)(=O)Cc1ccc(N)cc1. The maximum absolute atomic E-state index is 11.7. The van der Waals surface area contributed by atoms with E-state index in [1.165, 1.54) is 0 Å². The topological polar surface area (TPSA) is 92.4 Å². The molecule has 1 aromatic rings. The van der Waals surface area contributed by atoms with Crippen LogP contribution < -0.4 is 10.5 Å². The van der Waals surface area contributed by atoms with E-state index in [1.807, 2.05) is 0 Å². The van der Waals surface area contributed by atoms with Crippen LogP contribution in [0.4, 0.5) is 5.69 Å². The average Bonchev–Trinajstić information content (AvgIpc) is 2.29. The van der Waals surface area contributed by atoms with Crippen LogP contribution in [0.25, 0.3) is 0 Å². The molecule has 1 rings (SSSR count). The third kappa shape index (κ3) is 5.16. The molecule has 6 heteroatoms. The fraction of sp³-hybridized carbons (Fsp3) is 0.455. The Morgan fingerprint density at radius 3 is 2.47 bits per heavy atom. The maximum atomic E-state index is 11.7. The lowest BCUT2D eigenvalue weighted by molar-refractivity contribution is 0.174. The van der Waals surface area contributed by atoms with E-state index in [4.69, 9.17) is 5.73 Å². The smallest absolute Gasteiger partial charge is 0.215 e. The van der Waals surface area contributed by atoms with E-state index in [2.05, 4.69) is 4.72 Å². The molecule has 0 fully saturated rings. The summed E-state index contributed by atoms with van der Waals surface area (Å²) in [4.78, 5) is 0. The Morgan fingerprint density at radius 1 is 1.35 bits per heavy atom. The zero-order valence-electron chi connectivity index (χ0n) is 9.76. The monoisotopic (exact) mass is 258 g/mol. The minimum absolute atomic E-state index is 0.0494. The summed E-state index contributed by atoms with van der Waals surface area (Å²) in [5.74, 6) is -0.107. The first-order chi connectivity index (χ1) is 7.93. The zero-order valence-corrected chi connectivity index (χ0v) is 10.6. The van der Waals surface area contributed by atoms with Gasteiger partial charge < -0.3 is 10.8 Å². The van der Waals surface area contributed by atoms with E-state index in [-0.39, 0.29) is 12.3 Å². The van der Waals surface area contributed by atoms with Crippen LogP contribution in [-0.4, -0.2) is 26.2 Å². The summed E-state index contributed by atoms with van der Waals surface area (Å²) in [6, 6.07) is 6.66. The Hall–Kier alpha value is -1.11. The highest BCUT2D eigenvalue weighted by Crippen LogP contribution is 2.08. The van der Waals surface area contributed by atoms with Gasteiger partial charge in [0, 0.05) is 12.2 Å². The van der Waals surface area contributed by atoms with Gasteiger partial charge >= 0.3 is 0 Å². The van der Waals surface area contributed by atoms with Gasteiger partial charge in [0.05, 0.1) is 11.9 Å². The fourth-order valence-electron chi connectivity index (χ4n) is 1.25. The number of aliphatic hydroxyl groups excluding tert-OH is 1. The van der Waals surface area contributed by atoms with E-state index < -0.39 is 16.1 Å². The van der Waals surface area contributed by atoms with E-state index >= 15 is 0 Å². The number of nitrogens with one attached hydrogen (secondary N) is 1. The van der Waals surface area contributed by atoms with Crippen molar-refractivity contribution in [1.82, 2.24) is 4.72 Å². The Kier molecular flexibility index (Phi) is 4.92. The molecule has 0 aliphatic carbocycles. The number of aliphatic hydroxyl groups is 1. The lowest BCUT2D eigenvalue weighted by Crippen LogP contribution is -2.32. The molecule has 5 nitrogen and oxygen atoms in total. The van der Waals surface area contributed by atoms with Crippen LogP contribution in [0.15, 0.2) is 24.3 Å². The van der Waals surface area contributed by atoms with Gasteiger partial charge in [0.1, 0.15) is 0 Å². The predicted molar refractivity (Wildman–Crippen MR) is 67.8 cm³/mol. The minimum atomic E-state index is -3.40. The number of rotatable bonds is 6. The number of sulfonamides is 1. The highest BCUT2D eigenvalue weighted by Gasteiger charge is 2.12. The van der Waals surface area contributed by atoms with Crippen molar-refractivity contribution < 1.29 is 13.5 Å². The number of hydrogen-bond donors (Lipinski definition) is 3. The number of nitrogen functional groups attached to an aromatic ring is 1. The highest BCUT2D eigenvalue weighted by atomic mass is 32.2. The highest BCUT2D eigenvalue weighted by molar-refractivity contribution is 7.88. The summed E-state index contributed by atoms with van der Waals surface area (Å²) >= 11 is 0. The molecule has 0 aliphatic rings. The molecule has 0 heterocycles. The molecule has 0 saturated heterocycles. The van der Waals surface area contributed by atoms with E-state index in [1.54, 1.807) is 31.2 Å². The largest absolute Gasteiger partial charge is 0.399 e. The summed E-state index contributed by atoms with van der Waals surface area (Å²) in [7, 11) is -3.40. The van der Waals surface area contributed by atoms with Crippen LogP contribution in [-0.2, 0) is 15.8 Å². The van der Waals surface area contributed by atoms with Crippen LogP contribution in [0.5, 0.6) is 0 Å². The number of hydrogen-bond acceptors (Lipinski definition) is 4. The van der Waals surface area contributed by atoms with E-state index in [0.717, 1.165) is 0 Å². The molecule has 1 unspecified atom stereocenters. The second-order valence-electron chi connectivity index (χ2n) is 3.91. The quantitative estimate of drug-likeness (QED) is 0.646. The van der Waals surface area contributed by atoms with Crippen molar-refractivity contribution in [3.8, 4) is 0 Å². The van der Waals surface area contributed by atoms with Crippen LogP contribution >= 0.6 is 0 Å². The van der Waals surface area contributed by atoms with Gasteiger partial charge in [-0.15, -0.1) is 0 Å². The maximum Gasteiger partial charge on any atom is 0.215 e. The molecule has 0 spiro atoms. The van der Waals surface area contributed by atoms with Gasteiger partial charge in [-0.25, -0.2) is 13.1 Å². The summed E-state index contributed by atoms with van der Waals surface area (Å²) in [5.41, 5.74) is 6.77. The van der Waals surface area contributed by atoms with E-state index in [0.29, 0.717) is 17.7 Å². The first kappa shape index (κ1) is 14.0. The van der Waals surface area contributed by atoms with Crippen LogP contribution in [0, 0.1) is 0 Å². The van der Waals surface area contributed by atoms with Gasteiger partial charge in [0.25, 0.3) is 0 Å². The van der Waals surface area contributed by atoms with Gasteiger partial charge in [-0.05, 0) is 24.1 Å². The molecular formula is C11H18N2O3S. The standard InChI is InChI=1S/C11H18N2O3S/c1-2-11(14)7-13-17(15,16)8-9-3-5-10(12)6-4-9/h3-6,11,13-14H,2,7-8,12H2,1H3. The predicted octanol–water partition coefficient (Wildman–Crippen LogP) is 0.459. The molecule has 0 aromatic heterocycles. The molecule has 0 aliphatic heterocycles. The van der Waals surface area contributed by atoms with Gasteiger partial charge in [-0.2, -0.15) is 0 Å². The molecule has 0 amide bonds. The molecule has 4 N–H and O–H groups in total. The number of anilines is 1. The molecule has 0 saturated carbocycles. The first-order valence-corrected chi connectivity index (χ1v) is 7.08. The van der Waals surface area contributed by atoms with E-state index in [9.17, 15) is 13.5 Å². The van der Waals surface area contributed by atoms with Crippen molar-refractivity contribution >= 4 is 15.7 Å². The number of benzene rings is 1. The summed E-state index contributed by atoms with van der Waals surface area (Å²) in [6.07, 6.45) is -0.124. The van der Waals surface area contributed by atoms with Crippen LogP contribution in [0.2, 0.25) is 0 Å².